The van der Waals surface area contributed by atoms with E-state index in [1.54, 1.807) is 6.92 Å². The zero-order valence-corrected chi connectivity index (χ0v) is 8.23. The molecule has 0 aliphatic carbocycles. The Hall–Kier alpha value is -1.10. The molecule has 1 atom stereocenters. The van der Waals surface area contributed by atoms with E-state index < -0.39 is 17.9 Å². The Kier molecular flexibility index (Phi) is 6.74. The fourth-order valence-electron chi connectivity index (χ4n) is 1.11. The van der Waals surface area contributed by atoms with E-state index in [1.165, 1.54) is 0 Å². The number of aliphatic hydroxyl groups excluding tert-OH is 1. The number of hydrogen-bond donors (Lipinski definition) is 2. The van der Waals surface area contributed by atoms with Crippen LogP contribution in [0.5, 0.6) is 0 Å². The smallest absolute Gasteiger partial charge is 0.309 e. The van der Waals surface area contributed by atoms with Crippen LogP contribution in [0, 0.1) is 5.92 Å². The van der Waals surface area contributed by atoms with Crippen LogP contribution in [-0.2, 0) is 14.3 Å². The molecular weight excluding hydrogens is 188 g/mol. The molecule has 82 valence electrons. The van der Waals surface area contributed by atoms with E-state index in [1.807, 2.05) is 0 Å². The molecule has 14 heavy (non-hydrogen) atoms. The Bertz CT molecular complexity index is 190. The Labute approximate surface area is 82.7 Å². The summed E-state index contributed by atoms with van der Waals surface area (Å²) in [5.41, 5.74) is 0. The minimum absolute atomic E-state index is 0.0461. The van der Waals surface area contributed by atoms with Gasteiger partial charge in [-0.25, -0.2) is 0 Å². The molecule has 0 heterocycles. The van der Waals surface area contributed by atoms with Gasteiger partial charge in [-0.05, 0) is 19.8 Å². The Morgan fingerprint density at radius 3 is 2.50 bits per heavy atom. The molecule has 1 unspecified atom stereocenters. The zero-order chi connectivity index (χ0) is 11.0. The molecular formula is C9H16O5. The highest BCUT2D eigenvalue weighted by Gasteiger charge is 2.22. The minimum Gasteiger partial charge on any atom is -0.481 e. The summed E-state index contributed by atoms with van der Waals surface area (Å²) in [4.78, 5) is 21.6. The predicted octanol–water partition coefficient (Wildman–Crippen LogP) is 0.413. The summed E-state index contributed by atoms with van der Waals surface area (Å²) < 4.78 is 4.72. The molecule has 0 radical (unpaired) electrons. The van der Waals surface area contributed by atoms with E-state index in [0.717, 1.165) is 0 Å². The molecule has 0 rings (SSSR count). The van der Waals surface area contributed by atoms with Gasteiger partial charge in [-0.15, -0.1) is 0 Å². The first-order valence-corrected chi connectivity index (χ1v) is 4.61. The van der Waals surface area contributed by atoms with Gasteiger partial charge in [0.15, 0.2) is 0 Å². The van der Waals surface area contributed by atoms with Gasteiger partial charge in [0, 0.05) is 6.61 Å². The lowest BCUT2D eigenvalue weighted by Gasteiger charge is -2.12. The van der Waals surface area contributed by atoms with Crippen molar-refractivity contribution in [2.75, 3.05) is 13.2 Å². The van der Waals surface area contributed by atoms with Crippen LogP contribution in [0.4, 0.5) is 0 Å². The lowest BCUT2D eigenvalue weighted by molar-refractivity contribution is -0.153. The average Bonchev–Trinajstić information content (AvgIpc) is 2.12. The highest BCUT2D eigenvalue weighted by Crippen LogP contribution is 2.13. The van der Waals surface area contributed by atoms with Gasteiger partial charge in [0.1, 0.15) is 0 Å². The van der Waals surface area contributed by atoms with Crippen LogP contribution < -0.4 is 0 Å². The molecule has 0 aromatic rings. The topological polar surface area (TPSA) is 83.8 Å². The number of aliphatic carboxylic acids is 1. The first-order valence-electron chi connectivity index (χ1n) is 4.61. The molecule has 0 aromatic heterocycles. The van der Waals surface area contributed by atoms with Gasteiger partial charge in [0.25, 0.3) is 0 Å². The van der Waals surface area contributed by atoms with E-state index in [4.69, 9.17) is 14.9 Å². The van der Waals surface area contributed by atoms with Crippen LogP contribution in [0.1, 0.15) is 26.2 Å². The van der Waals surface area contributed by atoms with Crippen molar-refractivity contribution in [1.82, 2.24) is 0 Å². The maximum absolute atomic E-state index is 11.2. The van der Waals surface area contributed by atoms with Crippen molar-refractivity contribution < 1.29 is 24.5 Å². The maximum atomic E-state index is 11.2. The Morgan fingerprint density at radius 1 is 1.43 bits per heavy atom. The van der Waals surface area contributed by atoms with E-state index >= 15 is 0 Å². The Balaban J connectivity index is 4.08. The van der Waals surface area contributed by atoms with Gasteiger partial charge in [-0.2, -0.15) is 0 Å². The summed E-state index contributed by atoms with van der Waals surface area (Å²) in [6, 6.07) is 0. The summed E-state index contributed by atoms with van der Waals surface area (Å²) in [6.07, 6.45) is 0.525. The van der Waals surface area contributed by atoms with Crippen molar-refractivity contribution >= 4 is 11.9 Å². The second-order valence-electron chi connectivity index (χ2n) is 2.91. The third-order valence-electron chi connectivity index (χ3n) is 1.75. The number of aliphatic hydroxyl groups is 1. The van der Waals surface area contributed by atoms with E-state index in [2.05, 4.69) is 0 Å². The summed E-state index contributed by atoms with van der Waals surface area (Å²) in [5, 5.41) is 17.1. The summed E-state index contributed by atoms with van der Waals surface area (Å²) in [7, 11) is 0. The van der Waals surface area contributed by atoms with Gasteiger partial charge < -0.3 is 14.9 Å². The molecule has 0 aromatic carbocycles. The van der Waals surface area contributed by atoms with E-state index in [-0.39, 0.29) is 19.6 Å². The van der Waals surface area contributed by atoms with Gasteiger partial charge in [-0.3, -0.25) is 9.59 Å². The second kappa shape index (κ2) is 7.32. The lowest BCUT2D eigenvalue weighted by atomic mass is 10.00. The highest BCUT2D eigenvalue weighted by atomic mass is 16.5. The molecule has 2 N–H and O–H groups in total. The van der Waals surface area contributed by atoms with Crippen LogP contribution in [0.15, 0.2) is 0 Å². The van der Waals surface area contributed by atoms with Crippen molar-refractivity contribution in [3.05, 3.63) is 0 Å². The molecule has 5 nitrogen and oxygen atoms in total. The molecule has 0 saturated carbocycles. The number of esters is 1. The summed E-state index contributed by atoms with van der Waals surface area (Å²) >= 11 is 0. The number of carboxylic acids is 1. The third-order valence-corrected chi connectivity index (χ3v) is 1.75. The van der Waals surface area contributed by atoms with Crippen LogP contribution >= 0.6 is 0 Å². The number of carbonyl (C=O) groups is 2. The number of carbonyl (C=O) groups excluding carboxylic acids is 1. The van der Waals surface area contributed by atoms with Crippen LogP contribution in [0.3, 0.4) is 0 Å². The van der Waals surface area contributed by atoms with Gasteiger partial charge in [0.05, 0.1) is 18.9 Å². The molecule has 0 bridgehead atoms. The normalized spacial score (nSPS) is 12.1. The number of rotatable bonds is 7. The molecule has 5 heteroatoms. The van der Waals surface area contributed by atoms with Gasteiger partial charge in [-0.1, -0.05) is 0 Å². The van der Waals surface area contributed by atoms with Crippen molar-refractivity contribution in [2.24, 2.45) is 5.92 Å². The maximum Gasteiger partial charge on any atom is 0.309 e. The van der Waals surface area contributed by atoms with Crippen LogP contribution in [-0.4, -0.2) is 35.4 Å². The van der Waals surface area contributed by atoms with Crippen LogP contribution in [0.25, 0.3) is 0 Å². The van der Waals surface area contributed by atoms with Crippen molar-refractivity contribution in [2.45, 2.75) is 26.2 Å². The molecule has 0 saturated heterocycles. The van der Waals surface area contributed by atoms with Crippen LogP contribution in [0.2, 0.25) is 0 Å². The monoisotopic (exact) mass is 204 g/mol. The predicted molar refractivity (Wildman–Crippen MR) is 48.7 cm³/mol. The van der Waals surface area contributed by atoms with E-state index in [9.17, 15) is 9.59 Å². The van der Waals surface area contributed by atoms with Crippen molar-refractivity contribution in [3.8, 4) is 0 Å². The molecule has 0 aliphatic heterocycles. The standard InChI is InChI=1S/C9H16O5/c1-2-14-9(13)7(4-3-5-10)6-8(11)12/h7,10H,2-6H2,1H3,(H,11,12). The SMILES string of the molecule is CCOC(=O)C(CCCO)CC(=O)O. The second-order valence-corrected chi connectivity index (χ2v) is 2.91. The first kappa shape index (κ1) is 12.9. The third kappa shape index (κ3) is 5.53. The number of carboxylic acid groups (broad SMARTS) is 1. The molecule has 0 spiro atoms. The lowest BCUT2D eigenvalue weighted by Crippen LogP contribution is -2.21. The molecule has 0 fully saturated rings. The zero-order valence-electron chi connectivity index (χ0n) is 8.23. The summed E-state index contributed by atoms with van der Waals surface area (Å²) in [6.45, 7) is 1.87. The van der Waals surface area contributed by atoms with E-state index in [0.29, 0.717) is 12.8 Å². The number of hydrogen-bond acceptors (Lipinski definition) is 4. The van der Waals surface area contributed by atoms with Crippen molar-refractivity contribution in [3.63, 3.8) is 0 Å². The fourth-order valence-corrected chi connectivity index (χ4v) is 1.11. The molecule has 0 aliphatic rings. The van der Waals surface area contributed by atoms with Gasteiger partial charge >= 0.3 is 11.9 Å². The fraction of sp³-hybridized carbons (Fsp3) is 0.778. The quantitative estimate of drug-likeness (QED) is 0.587. The number of ether oxygens (including phenoxy) is 1. The highest BCUT2D eigenvalue weighted by molar-refractivity contribution is 5.78. The first-order chi connectivity index (χ1) is 6.61. The largest absolute Gasteiger partial charge is 0.481 e. The minimum atomic E-state index is -1.03. The average molecular weight is 204 g/mol. The van der Waals surface area contributed by atoms with Gasteiger partial charge in [0.2, 0.25) is 0 Å². The summed E-state index contributed by atoms with van der Waals surface area (Å²) in [5.74, 6) is -2.16. The molecule has 0 amide bonds. The Morgan fingerprint density at radius 2 is 2.07 bits per heavy atom. The van der Waals surface area contributed by atoms with Crippen molar-refractivity contribution in [1.29, 1.82) is 0 Å².